The maximum Gasteiger partial charge on any atom is 0.338 e. The van der Waals surface area contributed by atoms with Crippen molar-refractivity contribution < 1.29 is 22.7 Å². The van der Waals surface area contributed by atoms with Crippen LogP contribution in [0.3, 0.4) is 0 Å². The van der Waals surface area contributed by atoms with Crippen LogP contribution in [0.5, 0.6) is 0 Å². The Balaban J connectivity index is 1.59. The van der Waals surface area contributed by atoms with Crippen LogP contribution in [0, 0.1) is 6.92 Å². The fraction of sp³-hybridized carbons (Fsp3) is 0.182. The number of aryl methyl sites for hydroxylation is 1. The fourth-order valence-corrected chi connectivity index (χ4v) is 4.39. The first-order valence-corrected chi connectivity index (χ1v) is 12.1. The van der Waals surface area contributed by atoms with E-state index in [1.165, 1.54) is 30.3 Å². The highest BCUT2D eigenvalue weighted by Crippen LogP contribution is 2.21. The monoisotopic (exact) mass is 471 g/mol. The van der Waals surface area contributed by atoms with Crippen molar-refractivity contribution in [2.24, 2.45) is 0 Å². The van der Waals surface area contributed by atoms with Crippen LogP contribution >= 0.6 is 11.8 Å². The minimum atomic E-state index is -3.76. The molecule has 0 fully saturated rings. The number of aromatic nitrogens is 2. The van der Waals surface area contributed by atoms with Gasteiger partial charge < -0.3 is 10.1 Å². The highest BCUT2D eigenvalue weighted by Gasteiger charge is 2.20. The molecule has 3 aromatic rings. The molecule has 0 aliphatic heterocycles. The number of hydrogen-bond donors (Lipinski definition) is 1. The van der Waals surface area contributed by atoms with Gasteiger partial charge in [0.1, 0.15) is 5.03 Å². The van der Waals surface area contributed by atoms with E-state index < -0.39 is 15.8 Å². The number of amides is 1. The number of rotatable bonds is 8. The minimum absolute atomic E-state index is 0.0301. The average Bonchev–Trinajstić information content (AvgIpc) is 2.78. The lowest BCUT2D eigenvalue weighted by molar-refractivity contribution is -0.113. The third kappa shape index (κ3) is 5.92. The Hall–Kier alpha value is -3.24. The first kappa shape index (κ1) is 23.4. The molecule has 2 aromatic carbocycles. The van der Waals surface area contributed by atoms with Crippen molar-refractivity contribution >= 4 is 39.2 Å². The highest BCUT2D eigenvalue weighted by atomic mass is 32.2. The smallest absolute Gasteiger partial charge is 0.338 e. The number of hydrogen-bond acceptors (Lipinski definition) is 8. The van der Waals surface area contributed by atoms with Crippen molar-refractivity contribution in [3.05, 3.63) is 71.8 Å². The molecular weight excluding hydrogens is 450 g/mol. The summed E-state index contributed by atoms with van der Waals surface area (Å²) < 4.78 is 30.2. The Morgan fingerprint density at radius 2 is 1.78 bits per heavy atom. The van der Waals surface area contributed by atoms with E-state index in [9.17, 15) is 18.0 Å². The number of nitrogens with zero attached hydrogens (tertiary/aromatic N) is 2. The third-order valence-corrected chi connectivity index (χ3v) is 6.81. The Kier molecular flexibility index (Phi) is 7.60. The molecule has 0 aliphatic carbocycles. The highest BCUT2D eigenvalue weighted by molar-refractivity contribution is 7.99. The van der Waals surface area contributed by atoms with Gasteiger partial charge in [0.2, 0.25) is 15.7 Å². The number of anilines is 1. The lowest BCUT2D eigenvalue weighted by atomic mass is 10.2. The summed E-state index contributed by atoms with van der Waals surface area (Å²) in [4.78, 5) is 24.2. The number of ether oxygens (including phenoxy) is 1. The second kappa shape index (κ2) is 10.4. The van der Waals surface area contributed by atoms with Gasteiger partial charge in [0.05, 0.1) is 22.8 Å². The standard InChI is InChI=1S/C22H21N3O5S2/c1-3-30-22(27)16-5-4-6-17(13-16)23-19(26)14-31-20-11-12-21(25-24-20)32(28,29)18-9-7-15(2)8-10-18/h4-13H,3,14H2,1-2H3,(H,23,26). The van der Waals surface area contributed by atoms with Crippen molar-refractivity contribution in [1.29, 1.82) is 0 Å². The summed E-state index contributed by atoms with van der Waals surface area (Å²) in [6.07, 6.45) is 0. The number of sulfone groups is 1. The van der Waals surface area contributed by atoms with Gasteiger partial charge in [-0.2, -0.15) is 0 Å². The summed E-state index contributed by atoms with van der Waals surface area (Å²) >= 11 is 1.11. The van der Waals surface area contributed by atoms with Gasteiger partial charge in [-0.05, 0) is 56.3 Å². The zero-order valence-electron chi connectivity index (χ0n) is 17.4. The Morgan fingerprint density at radius 3 is 2.44 bits per heavy atom. The number of benzene rings is 2. The molecule has 1 amide bonds. The van der Waals surface area contributed by atoms with E-state index in [4.69, 9.17) is 4.74 Å². The molecule has 166 valence electrons. The molecule has 0 spiro atoms. The van der Waals surface area contributed by atoms with Gasteiger partial charge in [-0.1, -0.05) is 35.5 Å². The maximum absolute atomic E-state index is 12.6. The van der Waals surface area contributed by atoms with Crippen LogP contribution < -0.4 is 5.32 Å². The van der Waals surface area contributed by atoms with Gasteiger partial charge in [0.15, 0.2) is 5.03 Å². The molecular formula is C22H21N3O5S2. The van der Waals surface area contributed by atoms with Crippen LogP contribution in [0.25, 0.3) is 0 Å². The van der Waals surface area contributed by atoms with E-state index in [1.807, 2.05) is 6.92 Å². The zero-order chi connectivity index (χ0) is 23.1. The summed E-state index contributed by atoms with van der Waals surface area (Å²) in [5.41, 5.74) is 1.76. The maximum atomic E-state index is 12.6. The van der Waals surface area contributed by atoms with E-state index >= 15 is 0 Å². The summed E-state index contributed by atoms with van der Waals surface area (Å²) in [7, 11) is -3.76. The molecule has 0 unspecified atom stereocenters. The summed E-state index contributed by atoms with van der Waals surface area (Å²) in [6, 6.07) is 15.8. The van der Waals surface area contributed by atoms with Gasteiger partial charge in [-0.15, -0.1) is 10.2 Å². The quantitative estimate of drug-likeness (QED) is 0.392. The molecule has 0 saturated carbocycles. The van der Waals surface area contributed by atoms with E-state index in [0.29, 0.717) is 16.3 Å². The van der Waals surface area contributed by atoms with Gasteiger partial charge in [-0.25, -0.2) is 13.2 Å². The predicted octanol–water partition coefficient (Wildman–Crippen LogP) is 3.53. The molecule has 1 aromatic heterocycles. The summed E-state index contributed by atoms with van der Waals surface area (Å²) in [5.74, 6) is -0.745. The normalized spacial score (nSPS) is 11.1. The SMILES string of the molecule is CCOC(=O)c1cccc(NC(=O)CSc2ccc(S(=O)(=O)c3ccc(C)cc3)nn2)c1. The fourth-order valence-electron chi connectivity index (χ4n) is 2.64. The van der Waals surface area contributed by atoms with E-state index in [1.54, 1.807) is 37.3 Å². The number of nitrogens with one attached hydrogen (secondary N) is 1. The molecule has 10 heteroatoms. The topological polar surface area (TPSA) is 115 Å². The Labute approximate surface area is 190 Å². The third-order valence-electron chi connectivity index (χ3n) is 4.23. The second-order valence-corrected chi connectivity index (χ2v) is 9.56. The summed E-state index contributed by atoms with van der Waals surface area (Å²) in [6.45, 7) is 3.85. The molecule has 8 nitrogen and oxygen atoms in total. The first-order chi connectivity index (χ1) is 15.3. The molecule has 32 heavy (non-hydrogen) atoms. The van der Waals surface area contributed by atoms with Crippen LogP contribution in [-0.4, -0.2) is 42.9 Å². The van der Waals surface area contributed by atoms with Crippen molar-refractivity contribution in [2.75, 3.05) is 17.7 Å². The Bertz CT molecular complexity index is 1210. The molecule has 1 N–H and O–H groups in total. The summed E-state index contributed by atoms with van der Waals surface area (Å²) in [5, 5.41) is 10.7. The molecule has 0 saturated heterocycles. The van der Waals surface area contributed by atoms with Crippen molar-refractivity contribution in [3.63, 3.8) is 0 Å². The van der Waals surface area contributed by atoms with Crippen LogP contribution in [0.1, 0.15) is 22.8 Å². The Morgan fingerprint density at radius 1 is 1.03 bits per heavy atom. The van der Waals surface area contributed by atoms with Crippen molar-refractivity contribution in [3.8, 4) is 0 Å². The number of carbonyl (C=O) groups is 2. The van der Waals surface area contributed by atoms with Crippen LogP contribution in [0.4, 0.5) is 5.69 Å². The van der Waals surface area contributed by atoms with Gasteiger partial charge >= 0.3 is 5.97 Å². The van der Waals surface area contributed by atoms with Crippen LogP contribution in [0.15, 0.2) is 75.6 Å². The number of thioether (sulfide) groups is 1. The zero-order valence-corrected chi connectivity index (χ0v) is 19.1. The lowest BCUT2D eigenvalue weighted by Gasteiger charge is -2.07. The van der Waals surface area contributed by atoms with Gasteiger partial charge in [0.25, 0.3) is 0 Å². The number of carbonyl (C=O) groups excluding carboxylic acids is 2. The first-order valence-electron chi connectivity index (χ1n) is 9.65. The molecule has 0 bridgehead atoms. The molecule has 3 rings (SSSR count). The van der Waals surface area contributed by atoms with Gasteiger partial charge in [0, 0.05) is 5.69 Å². The average molecular weight is 472 g/mol. The van der Waals surface area contributed by atoms with Gasteiger partial charge in [-0.3, -0.25) is 4.79 Å². The second-order valence-electron chi connectivity index (χ2n) is 6.66. The van der Waals surface area contributed by atoms with Crippen LogP contribution in [0.2, 0.25) is 0 Å². The van der Waals surface area contributed by atoms with Crippen molar-refractivity contribution in [2.45, 2.75) is 28.8 Å². The van der Waals surface area contributed by atoms with E-state index in [-0.39, 0.29) is 28.2 Å². The minimum Gasteiger partial charge on any atom is -0.462 e. The molecule has 1 heterocycles. The predicted molar refractivity (Wildman–Crippen MR) is 120 cm³/mol. The molecule has 0 atom stereocenters. The van der Waals surface area contributed by atoms with E-state index in [0.717, 1.165) is 17.3 Å². The van der Waals surface area contributed by atoms with Crippen LogP contribution in [-0.2, 0) is 19.4 Å². The van der Waals surface area contributed by atoms with E-state index in [2.05, 4.69) is 15.5 Å². The lowest BCUT2D eigenvalue weighted by Crippen LogP contribution is -2.15. The molecule has 0 aliphatic rings. The molecule has 0 radical (unpaired) electrons. The number of esters is 1. The van der Waals surface area contributed by atoms with Crippen molar-refractivity contribution in [1.82, 2.24) is 10.2 Å². The largest absolute Gasteiger partial charge is 0.462 e.